The summed E-state index contributed by atoms with van der Waals surface area (Å²) in [5, 5.41) is 15.3. The molecule has 2 unspecified atom stereocenters. The molecule has 0 spiro atoms. The van der Waals surface area contributed by atoms with Gasteiger partial charge in [0.2, 0.25) is 0 Å². The highest BCUT2D eigenvalue weighted by molar-refractivity contribution is 6.35. The maximum atomic E-state index is 13.6. The first-order valence-corrected chi connectivity index (χ1v) is 19.5. The normalized spacial score (nSPS) is 18.2. The minimum absolute atomic E-state index is 0.0896. The molecule has 3 aliphatic heterocycles. The van der Waals surface area contributed by atoms with Crippen LogP contribution in [-0.4, -0.2) is 56.9 Å². The Bertz CT molecular complexity index is 2160. The lowest BCUT2D eigenvalue weighted by Crippen LogP contribution is -2.52. The van der Waals surface area contributed by atoms with Crippen molar-refractivity contribution in [3.05, 3.63) is 158 Å². The Hall–Kier alpha value is -5.49. The van der Waals surface area contributed by atoms with E-state index in [-0.39, 0.29) is 29.2 Å². The Morgan fingerprint density at radius 1 is 0.842 bits per heavy atom. The van der Waals surface area contributed by atoms with E-state index in [9.17, 15) is 14.8 Å². The molecule has 1 amide bonds. The number of esters is 1. The number of amides is 1. The number of methoxy groups -OCH3 is 2. The molecule has 3 saturated heterocycles. The number of carbonyl (C=O) groups is 2. The van der Waals surface area contributed by atoms with Gasteiger partial charge in [-0.3, -0.25) is 4.90 Å². The Labute approximate surface area is 341 Å². The summed E-state index contributed by atoms with van der Waals surface area (Å²) in [5.41, 5.74) is 3.95. The van der Waals surface area contributed by atoms with Crippen LogP contribution in [0.1, 0.15) is 63.2 Å². The molecule has 296 valence electrons. The van der Waals surface area contributed by atoms with Crippen molar-refractivity contribution < 1.29 is 38.0 Å². The molecular formula is C44H43Cl2N3O8. The third kappa shape index (κ3) is 9.73. The molecule has 8 rings (SSSR count). The van der Waals surface area contributed by atoms with Gasteiger partial charge in [-0.25, -0.2) is 9.59 Å². The maximum Gasteiger partial charge on any atom is 0.408 e. The standard InChI is InChI=1S/C44H43Cl2N3O8/c1-53-38-16-15-32(22-40(38)54-2)39(23-35-36(45)24-49(52)25-37(35)46)56-43(50)31-13-11-28(12-14-31)27-55-34-10-6-9-33(21-34)42(30-7-4-3-5-8-30)47-44(51)57-41-26-48-19-17-29(41)18-20-48/h3-16,21-22,24-25,29,39,41-42H,17-20,23,26-27H2,1-2H3,(H,47,51)/t39?,41-,42?/m0/s1. The fourth-order valence-corrected chi connectivity index (χ4v) is 8.01. The zero-order valence-electron chi connectivity index (χ0n) is 31.6. The molecule has 57 heavy (non-hydrogen) atoms. The number of aromatic nitrogens is 1. The summed E-state index contributed by atoms with van der Waals surface area (Å²) in [6.45, 7) is 3.14. The fraction of sp³-hybridized carbons (Fsp3) is 0.295. The van der Waals surface area contributed by atoms with Crippen LogP contribution >= 0.6 is 23.2 Å². The van der Waals surface area contributed by atoms with Crippen LogP contribution in [0.3, 0.4) is 0 Å². The van der Waals surface area contributed by atoms with Gasteiger partial charge in [-0.05, 0) is 90.5 Å². The molecule has 5 aromatic rings. The molecule has 13 heteroatoms. The molecule has 4 aromatic carbocycles. The van der Waals surface area contributed by atoms with E-state index in [0.717, 1.165) is 49.2 Å². The average Bonchev–Trinajstić information content (AvgIpc) is 3.23. The van der Waals surface area contributed by atoms with E-state index >= 15 is 0 Å². The van der Waals surface area contributed by atoms with Crippen molar-refractivity contribution in [2.45, 2.75) is 44.1 Å². The molecule has 0 aliphatic carbocycles. The highest BCUT2D eigenvalue weighted by atomic mass is 35.5. The van der Waals surface area contributed by atoms with E-state index in [1.54, 1.807) is 42.5 Å². The molecule has 2 bridgehead atoms. The van der Waals surface area contributed by atoms with Crippen molar-refractivity contribution in [2.75, 3.05) is 33.9 Å². The number of hydrogen-bond acceptors (Lipinski definition) is 9. The van der Waals surface area contributed by atoms with Crippen LogP contribution in [0.4, 0.5) is 4.79 Å². The lowest BCUT2D eigenvalue weighted by Gasteiger charge is -2.43. The summed E-state index contributed by atoms with van der Waals surface area (Å²) in [7, 11) is 3.04. The van der Waals surface area contributed by atoms with Crippen molar-refractivity contribution in [1.29, 1.82) is 0 Å². The largest absolute Gasteiger partial charge is 0.619 e. The number of hydrogen-bond donors (Lipinski definition) is 1. The number of pyridine rings is 1. The minimum atomic E-state index is -0.846. The minimum Gasteiger partial charge on any atom is -0.619 e. The van der Waals surface area contributed by atoms with Gasteiger partial charge in [0, 0.05) is 18.5 Å². The smallest absolute Gasteiger partial charge is 0.408 e. The Morgan fingerprint density at radius 2 is 1.54 bits per heavy atom. The van der Waals surface area contributed by atoms with Crippen molar-refractivity contribution in [1.82, 2.24) is 10.2 Å². The zero-order chi connectivity index (χ0) is 39.9. The first-order valence-electron chi connectivity index (χ1n) is 18.7. The van der Waals surface area contributed by atoms with Crippen LogP contribution in [0.5, 0.6) is 17.2 Å². The molecule has 3 atom stereocenters. The Kier molecular flexibility index (Phi) is 12.7. The van der Waals surface area contributed by atoms with Crippen LogP contribution in [0.15, 0.2) is 109 Å². The predicted molar refractivity (Wildman–Crippen MR) is 215 cm³/mol. The number of alkyl carbamates (subject to hydrolysis) is 1. The lowest BCUT2D eigenvalue weighted by molar-refractivity contribution is -0.605. The van der Waals surface area contributed by atoms with Crippen molar-refractivity contribution >= 4 is 35.3 Å². The van der Waals surface area contributed by atoms with E-state index in [0.29, 0.717) is 44.6 Å². The van der Waals surface area contributed by atoms with E-state index < -0.39 is 24.2 Å². The van der Waals surface area contributed by atoms with Gasteiger partial charge < -0.3 is 34.2 Å². The lowest BCUT2D eigenvalue weighted by atomic mass is 9.86. The van der Waals surface area contributed by atoms with E-state index in [1.165, 1.54) is 26.6 Å². The Morgan fingerprint density at radius 3 is 2.21 bits per heavy atom. The molecule has 11 nitrogen and oxygen atoms in total. The van der Waals surface area contributed by atoms with Gasteiger partial charge in [0.05, 0.1) is 25.8 Å². The fourth-order valence-electron chi connectivity index (χ4n) is 7.41. The van der Waals surface area contributed by atoms with E-state index in [1.807, 2.05) is 54.6 Å². The summed E-state index contributed by atoms with van der Waals surface area (Å²) < 4.78 is 29.6. The SMILES string of the molecule is COc1ccc(C(Cc2c(Cl)c[n+]([O-])cc2Cl)OC(=O)c2ccc(COc3cccc(C(NC(=O)O[C@H]4CN5CCC4CC5)c4ccccc4)c3)cc2)cc1OC. The summed E-state index contributed by atoms with van der Waals surface area (Å²) in [6, 6.07) is 29.1. The van der Waals surface area contributed by atoms with Gasteiger partial charge >= 0.3 is 12.1 Å². The molecule has 0 saturated carbocycles. The number of nitrogens with zero attached hydrogens (tertiary/aromatic N) is 2. The third-order valence-electron chi connectivity index (χ3n) is 10.5. The van der Waals surface area contributed by atoms with Crippen molar-refractivity contribution in [3.8, 4) is 17.2 Å². The molecular weight excluding hydrogens is 769 g/mol. The van der Waals surface area contributed by atoms with Gasteiger partial charge in [-0.15, -0.1) is 0 Å². The predicted octanol–water partition coefficient (Wildman–Crippen LogP) is 8.27. The second-order valence-electron chi connectivity index (χ2n) is 14.1. The highest BCUT2D eigenvalue weighted by Gasteiger charge is 2.37. The average molecular weight is 813 g/mol. The van der Waals surface area contributed by atoms with Crippen molar-refractivity contribution in [3.63, 3.8) is 0 Å². The van der Waals surface area contributed by atoms with Gasteiger partial charge in [0.15, 0.2) is 23.9 Å². The Balaban J connectivity index is 1.02. The first-order chi connectivity index (χ1) is 27.7. The van der Waals surface area contributed by atoms with Crippen LogP contribution in [0, 0.1) is 11.1 Å². The maximum absolute atomic E-state index is 13.6. The first kappa shape index (κ1) is 39.7. The van der Waals surface area contributed by atoms with E-state index in [2.05, 4.69) is 10.2 Å². The second kappa shape index (κ2) is 18.2. The summed E-state index contributed by atoms with van der Waals surface area (Å²) in [6.07, 6.45) is 3.20. The number of halogens is 2. The number of fused-ring (bicyclic) bond motifs is 3. The van der Waals surface area contributed by atoms with Gasteiger partial charge in [0.25, 0.3) is 0 Å². The molecule has 1 N–H and O–H groups in total. The number of ether oxygens (including phenoxy) is 5. The van der Waals surface area contributed by atoms with Crippen LogP contribution in [-0.2, 0) is 22.5 Å². The van der Waals surface area contributed by atoms with Crippen LogP contribution in [0.25, 0.3) is 0 Å². The summed E-state index contributed by atoms with van der Waals surface area (Å²) in [4.78, 5) is 29.2. The number of nitrogens with one attached hydrogen (secondary N) is 1. The summed E-state index contributed by atoms with van der Waals surface area (Å²) in [5.74, 6) is 1.39. The number of piperidine rings is 3. The molecule has 0 radical (unpaired) electrons. The number of benzene rings is 4. The molecule has 4 heterocycles. The summed E-state index contributed by atoms with van der Waals surface area (Å²) >= 11 is 12.8. The van der Waals surface area contributed by atoms with Gasteiger partial charge in [-0.2, -0.15) is 4.73 Å². The number of carbonyl (C=O) groups excluding carboxylic acids is 2. The second-order valence-corrected chi connectivity index (χ2v) is 14.9. The van der Waals surface area contributed by atoms with Crippen molar-refractivity contribution in [2.24, 2.45) is 5.92 Å². The molecule has 3 aliphatic rings. The van der Waals surface area contributed by atoms with Gasteiger partial charge in [-0.1, -0.05) is 83.9 Å². The third-order valence-corrected chi connectivity index (χ3v) is 11.2. The monoisotopic (exact) mass is 811 g/mol. The zero-order valence-corrected chi connectivity index (χ0v) is 33.1. The van der Waals surface area contributed by atoms with E-state index in [4.69, 9.17) is 46.9 Å². The molecule has 1 aromatic heterocycles. The molecule has 3 fully saturated rings. The number of rotatable bonds is 14. The topological polar surface area (TPSA) is 123 Å². The quantitative estimate of drug-likeness (QED) is 0.0671. The highest BCUT2D eigenvalue weighted by Crippen LogP contribution is 2.36. The van der Waals surface area contributed by atoms with Crippen LogP contribution in [0.2, 0.25) is 10.0 Å². The van der Waals surface area contributed by atoms with Crippen LogP contribution < -0.4 is 24.3 Å². The van der Waals surface area contributed by atoms with Gasteiger partial charge in [0.1, 0.15) is 34.6 Å².